The number of carboxylic acids is 1. The molecular weight excluding hydrogens is 719 g/mol. The van der Waals surface area contributed by atoms with Gasteiger partial charge >= 0.3 is 11.9 Å². The summed E-state index contributed by atoms with van der Waals surface area (Å²) in [7, 11) is 1.35. The van der Waals surface area contributed by atoms with Crippen LogP contribution >= 0.6 is 0 Å². The highest BCUT2D eigenvalue weighted by Gasteiger charge is 2.73. The van der Waals surface area contributed by atoms with Crippen molar-refractivity contribution in [2.24, 2.45) is 67.8 Å². The molecule has 4 aliphatic carbocycles. The number of esters is 1. The zero-order valence-electron chi connectivity index (χ0n) is 36.6. The lowest BCUT2D eigenvalue weighted by molar-refractivity contribution is -0.255. The Morgan fingerprint density at radius 3 is 2.42 bits per heavy atom. The van der Waals surface area contributed by atoms with Gasteiger partial charge in [-0.15, -0.1) is 0 Å². The number of methoxy groups -OCH3 is 1. The van der Waals surface area contributed by atoms with Gasteiger partial charge in [0.2, 0.25) is 0 Å². The van der Waals surface area contributed by atoms with Gasteiger partial charge in [0.1, 0.15) is 12.0 Å². The molecule has 2 aromatic rings. The number of nitrogens with zero attached hydrogens (tertiary/aromatic N) is 4. The standard InChI is InChI=1S/C46H69N5O6/c1-27(2)28(3)42(8)18-19-43(9)30-13-14-34-41(7)22-33(51-37(49-26-50-51)29-16-20-48-32(21-29)39(54)55-12)36(57-24-45(11,47)40(4,5)6)46(34,25-56-23-41)31(30)15-17-44(43,10)35(42)38(52)53/h15-16,20-21,26-28,30,33-36H,13-14,17-19,22-25,47H2,1-12H3,(H,52,53)/t28-,30+,33-,34-,35-,36+,41-,42-,43-,44+,45+,46+/m1/s1. The van der Waals surface area contributed by atoms with Gasteiger partial charge in [-0.3, -0.25) is 4.79 Å². The lowest BCUT2D eigenvalue weighted by Crippen LogP contribution is -2.70. The van der Waals surface area contributed by atoms with Crippen LogP contribution in [-0.2, 0) is 19.0 Å². The number of ether oxygens (including phenoxy) is 3. The number of carbonyl (C=O) groups is 2. The molecule has 3 N–H and O–H groups in total. The van der Waals surface area contributed by atoms with Crippen molar-refractivity contribution >= 4 is 11.9 Å². The molecule has 0 radical (unpaired) electrons. The maximum Gasteiger partial charge on any atom is 0.356 e. The fourth-order valence-corrected chi connectivity index (χ4v) is 13.1. The molecule has 1 saturated heterocycles. The Hall–Kier alpha value is -3.15. The summed E-state index contributed by atoms with van der Waals surface area (Å²) in [5, 5.41) is 16.2. The van der Waals surface area contributed by atoms with Gasteiger partial charge in [-0.1, -0.05) is 80.9 Å². The van der Waals surface area contributed by atoms with E-state index in [0.29, 0.717) is 43.5 Å². The Bertz CT molecular complexity index is 1920. The molecule has 7 rings (SSSR count). The molecule has 11 heteroatoms. The maximum atomic E-state index is 13.7. The van der Waals surface area contributed by atoms with Crippen molar-refractivity contribution in [3.63, 3.8) is 0 Å². The van der Waals surface area contributed by atoms with E-state index in [1.807, 2.05) is 10.7 Å². The van der Waals surface area contributed by atoms with Crippen LogP contribution in [0.3, 0.4) is 0 Å². The van der Waals surface area contributed by atoms with Gasteiger partial charge < -0.3 is 25.1 Å². The number of nitrogens with two attached hydrogens (primary N) is 1. The van der Waals surface area contributed by atoms with Crippen LogP contribution in [-0.4, -0.2) is 75.4 Å². The van der Waals surface area contributed by atoms with Gasteiger partial charge in [0, 0.05) is 22.7 Å². The number of carbonyl (C=O) groups excluding carboxylic acids is 1. The molecule has 0 unspecified atom stereocenters. The van der Waals surface area contributed by atoms with Crippen LogP contribution < -0.4 is 5.73 Å². The van der Waals surface area contributed by atoms with Crippen molar-refractivity contribution in [1.29, 1.82) is 0 Å². The Morgan fingerprint density at radius 1 is 1.05 bits per heavy atom. The Morgan fingerprint density at radius 2 is 1.77 bits per heavy atom. The molecular formula is C46H69N5O6. The first-order chi connectivity index (χ1) is 26.5. The van der Waals surface area contributed by atoms with Crippen molar-refractivity contribution < 1.29 is 28.9 Å². The third-order valence-electron chi connectivity index (χ3n) is 17.6. The van der Waals surface area contributed by atoms with Crippen LogP contribution in [0.2, 0.25) is 0 Å². The zero-order chi connectivity index (χ0) is 41.7. The van der Waals surface area contributed by atoms with E-state index in [2.05, 4.69) is 87.2 Å². The number of allylic oxidation sites excluding steroid dienone is 1. The summed E-state index contributed by atoms with van der Waals surface area (Å²) >= 11 is 0. The molecule has 314 valence electrons. The van der Waals surface area contributed by atoms with Crippen LogP contribution in [0.25, 0.3) is 11.4 Å². The first-order valence-electron chi connectivity index (χ1n) is 21.4. The lowest BCUT2D eigenvalue weighted by Gasteiger charge is -2.71. The van der Waals surface area contributed by atoms with Crippen molar-refractivity contribution in [2.75, 3.05) is 26.9 Å². The van der Waals surface area contributed by atoms with E-state index in [0.717, 1.165) is 32.1 Å². The van der Waals surface area contributed by atoms with E-state index in [1.54, 1.807) is 18.6 Å². The summed E-state index contributed by atoms with van der Waals surface area (Å²) < 4.78 is 21.3. The molecule has 57 heavy (non-hydrogen) atoms. The third-order valence-corrected chi connectivity index (χ3v) is 17.6. The Balaban J connectivity index is 1.41. The molecule has 3 heterocycles. The summed E-state index contributed by atoms with van der Waals surface area (Å²) in [6.07, 6.45) is 10.6. The molecule has 11 nitrogen and oxygen atoms in total. The smallest absolute Gasteiger partial charge is 0.356 e. The number of pyridine rings is 1. The van der Waals surface area contributed by atoms with E-state index in [1.165, 1.54) is 12.7 Å². The monoisotopic (exact) mass is 788 g/mol. The maximum absolute atomic E-state index is 13.7. The summed E-state index contributed by atoms with van der Waals surface area (Å²) in [5.74, 6) is 0.0483. The van der Waals surface area contributed by atoms with Crippen molar-refractivity contribution in [3.8, 4) is 11.4 Å². The molecule has 5 aliphatic rings. The summed E-state index contributed by atoms with van der Waals surface area (Å²) in [5.41, 5.74) is 6.80. The molecule has 0 spiro atoms. The van der Waals surface area contributed by atoms with Crippen LogP contribution in [0.4, 0.5) is 0 Å². The van der Waals surface area contributed by atoms with Crippen LogP contribution in [0, 0.1) is 62.1 Å². The largest absolute Gasteiger partial charge is 0.481 e. The minimum absolute atomic E-state index is 0.161. The van der Waals surface area contributed by atoms with Crippen molar-refractivity contribution in [1.82, 2.24) is 19.7 Å². The number of carboxylic acid groups (broad SMARTS) is 1. The van der Waals surface area contributed by atoms with Crippen LogP contribution in [0.15, 0.2) is 36.3 Å². The number of rotatable bonds is 9. The first kappa shape index (κ1) is 42.0. The highest BCUT2D eigenvalue weighted by atomic mass is 16.5. The molecule has 12 atom stereocenters. The first-order valence-corrected chi connectivity index (χ1v) is 21.4. The quantitative estimate of drug-likeness (QED) is 0.187. The van der Waals surface area contributed by atoms with Gasteiger partial charge in [0.15, 0.2) is 5.82 Å². The Kier molecular flexibility index (Phi) is 10.3. The fourth-order valence-electron chi connectivity index (χ4n) is 13.1. The predicted octanol–water partition coefficient (Wildman–Crippen LogP) is 8.41. The van der Waals surface area contributed by atoms with Gasteiger partial charge in [0.05, 0.1) is 45.0 Å². The number of aromatic nitrogens is 4. The number of hydrogen-bond donors (Lipinski definition) is 2. The molecule has 4 fully saturated rings. The van der Waals surface area contributed by atoms with Gasteiger partial charge in [-0.05, 0) is 108 Å². The zero-order valence-corrected chi connectivity index (χ0v) is 36.6. The third kappa shape index (κ3) is 6.09. The van der Waals surface area contributed by atoms with E-state index >= 15 is 0 Å². The number of hydrogen-bond acceptors (Lipinski definition) is 9. The molecule has 3 saturated carbocycles. The molecule has 0 aromatic carbocycles. The number of aliphatic carboxylic acids is 1. The Labute approximate surface area is 340 Å². The van der Waals surface area contributed by atoms with Crippen LogP contribution in [0.1, 0.15) is 131 Å². The minimum Gasteiger partial charge on any atom is -0.481 e. The van der Waals surface area contributed by atoms with Crippen LogP contribution in [0.5, 0.6) is 0 Å². The van der Waals surface area contributed by atoms with Gasteiger partial charge in [0.25, 0.3) is 0 Å². The average molecular weight is 788 g/mol. The summed E-state index contributed by atoms with van der Waals surface area (Å²) in [6.45, 7) is 26.1. The molecule has 1 aliphatic heterocycles. The minimum atomic E-state index is -0.663. The normalized spacial score (nSPS) is 39.2. The van der Waals surface area contributed by atoms with Crippen molar-refractivity contribution in [2.45, 2.75) is 132 Å². The lowest BCUT2D eigenvalue weighted by atomic mass is 9.34. The summed E-state index contributed by atoms with van der Waals surface area (Å²) in [6, 6.07) is 3.33. The fraction of sp³-hybridized carbons (Fsp3) is 0.761. The van der Waals surface area contributed by atoms with Crippen molar-refractivity contribution in [3.05, 3.63) is 42.0 Å². The van der Waals surface area contributed by atoms with E-state index < -0.39 is 34.2 Å². The second-order valence-corrected chi connectivity index (χ2v) is 21.5. The molecule has 2 aromatic heterocycles. The van der Waals surface area contributed by atoms with Gasteiger partial charge in [-0.2, -0.15) is 5.10 Å². The SMILES string of the molecule is COC(=O)c1cc(-c2ncnn2[C@@H]2C[C@]3(C)COC[C@@]4(C5=CC[C@@]6(C)[C@H](C(=O)O)[C@@](C)([C@H](C)C(C)C)CC[C@]6(C)[C@H]5CC[C@H]34)[C@H]2OC[C@](C)(N)C(C)(C)C)ccn1. The van der Waals surface area contributed by atoms with E-state index in [-0.39, 0.29) is 57.3 Å². The average Bonchev–Trinajstić information content (AvgIpc) is 3.63. The molecule has 0 amide bonds. The molecule has 2 bridgehead atoms. The highest BCUT2D eigenvalue weighted by molar-refractivity contribution is 5.88. The topological polar surface area (TPSA) is 152 Å². The number of fused-ring (bicyclic) bond motifs is 3. The van der Waals surface area contributed by atoms with Gasteiger partial charge in [-0.25, -0.2) is 19.4 Å². The van der Waals surface area contributed by atoms with E-state index in [9.17, 15) is 14.7 Å². The predicted molar refractivity (Wildman–Crippen MR) is 219 cm³/mol. The highest BCUT2D eigenvalue weighted by Crippen LogP contribution is 2.75. The summed E-state index contributed by atoms with van der Waals surface area (Å²) in [4.78, 5) is 35.4. The second-order valence-electron chi connectivity index (χ2n) is 21.5. The van der Waals surface area contributed by atoms with E-state index in [4.69, 9.17) is 30.0 Å². The second kappa shape index (κ2) is 14.0.